The second-order valence-corrected chi connectivity index (χ2v) is 6.09. The van der Waals surface area contributed by atoms with Crippen LogP contribution in [0.3, 0.4) is 0 Å². The number of amides is 1. The molecule has 0 saturated heterocycles. The zero-order chi connectivity index (χ0) is 15.8. The van der Waals surface area contributed by atoms with Gasteiger partial charge in [0.05, 0.1) is 17.0 Å². The molecule has 114 valence electrons. The smallest absolute Gasteiger partial charge is 0.411 e. The van der Waals surface area contributed by atoms with E-state index in [4.69, 9.17) is 4.74 Å². The zero-order valence-electron chi connectivity index (χ0n) is 12.5. The van der Waals surface area contributed by atoms with E-state index in [1.165, 1.54) is 16.9 Å². The third-order valence-electron chi connectivity index (χ3n) is 3.85. The highest BCUT2D eigenvalue weighted by Gasteiger charge is 2.12. The standard InChI is InChI=1S/C18H14N2O2S/c1-2-22-18(21)20-16-9-17-15(10-19-23-17)13-7-11-5-3-4-6-12(11)8-14(13)16/h3-10H,2H2,1H3,(H,20,21). The summed E-state index contributed by atoms with van der Waals surface area (Å²) in [5, 5.41) is 8.33. The number of rotatable bonds is 2. The Morgan fingerprint density at radius 2 is 1.87 bits per heavy atom. The fourth-order valence-corrected chi connectivity index (χ4v) is 3.53. The molecule has 4 aromatic rings. The maximum Gasteiger partial charge on any atom is 0.411 e. The van der Waals surface area contributed by atoms with Crippen LogP contribution in [0.25, 0.3) is 31.6 Å². The van der Waals surface area contributed by atoms with E-state index in [1.54, 1.807) is 6.92 Å². The first-order valence-corrected chi connectivity index (χ1v) is 8.17. The maximum absolute atomic E-state index is 11.8. The molecule has 0 aliphatic rings. The van der Waals surface area contributed by atoms with Gasteiger partial charge in [0, 0.05) is 17.0 Å². The van der Waals surface area contributed by atoms with Crippen LogP contribution in [0.15, 0.2) is 48.7 Å². The number of carbonyl (C=O) groups excluding carboxylic acids is 1. The summed E-state index contributed by atoms with van der Waals surface area (Å²) < 4.78 is 10.3. The first kappa shape index (κ1) is 14.0. The summed E-state index contributed by atoms with van der Waals surface area (Å²) in [7, 11) is 0. The molecular formula is C18H14N2O2S. The first-order valence-electron chi connectivity index (χ1n) is 7.40. The highest BCUT2D eigenvalue weighted by Crippen LogP contribution is 2.36. The van der Waals surface area contributed by atoms with Crippen LogP contribution < -0.4 is 5.32 Å². The minimum absolute atomic E-state index is 0.343. The van der Waals surface area contributed by atoms with Crippen molar-refractivity contribution in [3.05, 3.63) is 48.7 Å². The molecule has 1 amide bonds. The van der Waals surface area contributed by atoms with E-state index in [-0.39, 0.29) is 0 Å². The summed E-state index contributed by atoms with van der Waals surface area (Å²) in [4.78, 5) is 11.8. The lowest BCUT2D eigenvalue weighted by atomic mass is 10.0. The second kappa shape index (κ2) is 5.52. The van der Waals surface area contributed by atoms with Gasteiger partial charge in [0.25, 0.3) is 0 Å². The van der Waals surface area contributed by atoms with E-state index in [0.29, 0.717) is 6.61 Å². The number of fused-ring (bicyclic) bond motifs is 4. The number of aromatic nitrogens is 1. The van der Waals surface area contributed by atoms with E-state index in [0.717, 1.165) is 31.9 Å². The number of nitrogens with zero attached hydrogens (tertiary/aromatic N) is 1. The average Bonchev–Trinajstić information content (AvgIpc) is 3.02. The van der Waals surface area contributed by atoms with Crippen LogP contribution >= 0.6 is 11.5 Å². The predicted octanol–water partition coefficient (Wildman–Crippen LogP) is 5.17. The number of hydrogen-bond donors (Lipinski definition) is 1. The van der Waals surface area contributed by atoms with Crippen molar-refractivity contribution in [3.8, 4) is 0 Å². The lowest BCUT2D eigenvalue weighted by molar-refractivity contribution is 0.168. The highest BCUT2D eigenvalue weighted by atomic mass is 32.1. The number of carbonyl (C=O) groups is 1. The minimum Gasteiger partial charge on any atom is -0.450 e. The van der Waals surface area contributed by atoms with Crippen LogP contribution in [-0.4, -0.2) is 17.1 Å². The molecule has 1 aromatic heterocycles. The predicted molar refractivity (Wildman–Crippen MR) is 95.3 cm³/mol. The average molecular weight is 322 g/mol. The second-order valence-electron chi connectivity index (χ2n) is 5.25. The zero-order valence-corrected chi connectivity index (χ0v) is 13.3. The van der Waals surface area contributed by atoms with Gasteiger partial charge >= 0.3 is 6.09 Å². The molecule has 0 aliphatic heterocycles. The molecule has 0 radical (unpaired) electrons. The maximum atomic E-state index is 11.8. The topological polar surface area (TPSA) is 51.2 Å². The van der Waals surface area contributed by atoms with E-state index in [9.17, 15) is 4.79 Å². The van der Waals surface area contributed by atoms with Gasteiger partial charge in [0.1, 0.15) is 0 Å². The molecule has 1 heterocycles. The van der Waals surface area contributed by atoms with Crippen molar-refractivity contribution in [2.45, 2.75) is 6.92 Å². The van der Waals surface area contributed by atoms with Crippen molar-refractivity contribution in [2.24, 2.45) is 0 Å². The Kier molecular flexibility index (Phi) is 3.35. The summed E-state index contributed by atoms with van der Waals surface area (Å²) in [6.45, 7) is 2.13. The van der Waals surface area contributed by atoms with Crippen molar-refractivity contribution in [1.82, 2.24) is 4.37 Å². The summed E-state index contributed by atoms with van der Waals surface area (Å²) in [5.41, 5.74) is 0.751. The van der Waals surface area contributed by atoms with Crippen LogP contribution in [0, 0.1) is 0 Å². The summed E-state index contributed by atoms with van der Waals surface area (Å²) in [6, 6.07) is 14.4. The van der Waals surface area contributed by atoms with Crippen LogP contribution in [0.1, 0.15) is 6.92 Å². The van der Waals surface area contributed by atoms with Gasteiger partial charge in [0.2, 0.25) is 0 Å². The molecule has 23 heavy (non-hydrogen) atoms. The highest BCUT2D eigenvalue weighted by molar-refractivity contribution is 7.13. The van der Waals surface area contributed by atoms with Gasteiger partial charge in [-0.15, -0.1) is 0 Å². The molecule has 0 unspecified atom stereocenters. The molecule has 4 rings (SSSR count). The van der Waals surface area contributed by atoms with Gasteiger partial charge in [0.15, 0.2) is 0 Å². The summed E-state index contributed by atoms with van der Waals surface area (Å²) >= 11 is 1.42. The van der Waals surface area contributed by atoms with Crippen LogP contribution in [0.4, 0.5) is 10.5 Å². The Hall–Kier alpha value is -2.66. The van der Waals surface area contributed by atoms with Crippen molar-refractivity contribution >= 4 is 54.9 Å². The number of ether oxygens (including phenoxy) is 1. The molecule has 0 bridgehead atoms. The van der Waals surface area contributed by atoms with Crippen molar-refractivity contribution < 1.29 is 9.53 Å². The molecule has 0 saturated carbocycles. The molecule has 0 atom stereocenters. The van der Waals surface area contributed by atoms with Gasteiger partial charge in [-0.05, 0) is 52.8 Å². The van der Waals surface area contributed by atoms with Gasteiger partial charge in [-0.1, -0.05) is 24.3 Å². The first-order chi connectivity index (χ1) is 11.3. The van der Waals surface area contributed by atoms with E-state index >= 15 is 0 Å². The Bertz CT molecular complexity index is 1040. The fraction of sp³-hybridized carbons (Fsp3) is 0.111. The third-order valence-corrected chi connectivity index (χ3v) is 4.60. The van der Waals surface area contributed by atoms with Crippen LogP contribution in [-0.2, 0) is 4.74 Å². The molecule has 1 N–H and O–H groups in total. The Labute approximate surface area is 136 Å². The van der Waals surface area contributed by atoms with Crippen molar-refractivity contribution in [2.75, 3.05) is 11.9 Å². The lowest BCUT2D eigenvalue weighted by Gasteiger charge is -2.11. The monoisotopic (exact) mass is 322 g/mol. The molecule has 4 nitrogen and oxygen atoms in total. The molecule has 0 aliphatic carbocycles. The Morgan fingerprint density at radius 3 is 2.61 bits per heavy atom. The molecule has 5 heteroatoms. The molecule has 0 spiro atoms. The van der Waals surface area contributed by atoms with Gasteiger partial charge < -0.3 is 4.74 Å². The minimum atomic E-state index is -0.439. The van der Waals surface area contributed by atoms with Gasteiger partial charge in [-0.3, -0.25) is 5.32 Å². The largest absolute Gasteiger partial charge is 0.450 e. The number of nitrogens with one attached hydrogen (secondary N) is 1. The lowest BCUT2D eigenvalue weighted by Crippen LogP contribution is -2.13. The SMILES string of the molecule is CCOC(=O)Nc1cc2sncc2c2cc3ccccc3cc12. The number of benzene rings is 3. The van der Waals surface area contributed by atoms with Gasteiger partial charge in [-0.2, -0.15) is 4.37 Å². The molecule has 3 aromatic carbocycles. The Morgan fingerprint density at radius 1 is 1.13 bits per heavy atom. The fourth-order valence-electron chi connectivity index (χ4n) is 2.83. The normalized spacial score (nSPS) is 11.2. The van der Waals surface area contributed by atoms with Crippen molar-refractivity contribution in [1.29, 1.82) is 0 Å². The Balaban J connectivity index is 2.02. The summed E-state index contributed by atoms with van der Waals surface area (Å²) in [6.07, 6.45) is 1.44. The third kappa shape index (κ3) is 2.39. The van der Waals surface area contributed by atoms with E-state index < -0.39 is 6.09 Å². The van der Waals surface area contributed by atoms with Gasteiger partial charge in [-0.25, -0.2) is 4.79 Å². The van der Waals surface area contributed by atoms with E-state index in [2.05, 4.69) is 34.0 Å². The molecular weight excluding hydrogens is 308 g/mol. The number of anilines is 1. The van der Waals surface area contributed by atoms with Crippen LogP contribution in [0.5, 0.6) is 0 Å². The number of hydrogen-bond acceptors (Lipinski definition) is 4. The van der Waals surface area contributed by atoms with Crippen LogP contribution in [0.2, 0.25) is 0 Å². The van der Waals surface area contributed by atoms with Crippen molar-refractivity contribution in [3.63, 3.8) is 0 Å². The quantitative estimate of drug-likeness (QED) is 0.518. The molecule has 0 fully saturated rings. The summed E-state index contributed by atoms with van der Waals surface area (Å²) in [5.74, 6) is 0. The van der Waals surface area contributed by atoms with E-state index in [1.807, 2.05) is 24.4 Å².